The highest BCUT2D eigenvalue weighted by molar-refractivity contribution is 5.97. The molecule has 0 aliphatic carbocycles. The van der Waals surface area contributed by atoms with Crippen molar-refractivity contribution in [2.45, 2.75) is 26.2 Å². The Balaban J connectivity index is 1.63. The van der Waals surface area contributed by atoms with Gasteiger partial charge in [-0.25, -0.2) is 0 Å². The SMILES string of the molecule is CC(C)c1ccccc1C=Cc1cc(-c2cc3c([nH]2)CCNC3=O)ccn1. The van der Waals surface area contributed by atoms with Crippen molar-refractivity contribution in [3.63, 3.8) is 0 Å². The van der Waals surface area contributed by atoms with Gasteiger partial charge in [-0.3, -0.25) is 9.78 Å². The lowest BCUT2D eigenvalue weighted by Gasteiger charge is -2.10. The van der Waals surface area contributed by atoms with Crippen LogP contribution in [0.5, 0.6) is 0 Å². The molecule has 1 amide bonds. The molecule has 4 heteroatoms. The molecule has 2 aromatic heterocycles. The highest BCUT2D eigenvalue weighted by Gasteiger charge is 2.19. The Morgan fingerprint density at radius 3 is 2.78 bits per heavy atom. The fourth-order valence-corrected chi connectivity index (χ4v) is 3.52. The van der Waals surface area contributed by atoms with Crippen LogP contribution in [0.1, 0.15) is 52.6 Å². The smallest absolute Gasteiger partial charge is 0.253 e. The van der Waals surface area contributed by atoms with E-state index in [0.717, 1.165) is 34.6 Å². The van der Waals surface area contributed by atoms with E-state index in [2.05, 4.69) is 59.5 Å². The molecule has 0 fully saturated rings. The van der Waals surface area contributed by atoms with E-state index in [1.807, 2.05) is 30.5 Å². The third-order valence-electron chi connectivity index (χ3n) is 4.95. The van der Waals surface area contributed by atoms with E-state index in [-0.39, 0.29) is 5.91 Å². The van der Waals surface area contributed by atoms with Gasteiger partial charge in [0.15, 0.2) is 0 Å². The second-order valence-corrected chi connectivity index (χ2v) is 7.17. The molecule has 3 heterocycles. The summed E-state index contributed by atoms with van der Waals surface area (Å²) in [6, 6.07) is 14.4. The number of aromatic amines is 1. The molecule has 0 atom stereocenters. The Bertz CT molecular complexity index is 1010. The Morgan fingerprint density at radius 2 is 1.96 bits per heavy atom. The minimum Gasteiger partial charge on any atom is -0.358 e. The van der Waals surface area contributed by atoms with Crippen molar-refractivity contribution in [2.24, 2.45) is 0 Å². The molecule has 0 radical (unpaired) electrons. The quantitative estimate of drug-likeness (QED) is 0.714. The number of aromatic nitrogens is 2. The summed E-state index contributed by atoms with van der Waals surface area (Å²) in [6.07, 6.45) is 6.81. The van der Waals surface area contributed by atoms with Crippen LogP contribution < -0.4 is 5.32 Å². The number of benzene rings is 1. The standard InChI is InChI=1S/C23H23N3O/c1-15(2)19-6-4-3-5-16(19)7-8-18-13-17(9-11-24-18)22-14-20-21(26-22)10-12-25-23(20)27/h3-9,11,13-15,26H,10,12H2,1-2H3,(H,25,27). The van der Waals surface area contributed by atoms with E-state index < -0.39 is 0 Å². The van der Waals surface area contributed by atoms with E-state index in [4.69, 9.17) is 0 Å². The van der Waals surface area contributed by atoms with Gasteiger partial charge in [-0.05, 0) is 41.3 Å². The van der Waals surface area contributed by atoms with Crippen molar-refractivity contribution < 1.29 is 4.79 Å². The van der Waals surface area contributed by atoms with Gasteiger partial charge in [-0.15, -0.1) is 0 Å². The molecular formula is C23H23N3O. The molecule has 0 unspecified atom stereocenters. The second kappa shape index (κ2) is 7.23. The maximum atomic E-state index is 12.0. The number of nitrogens with one attached hydrogen (secondary N) is 2. The third-order valence-corrected chi connectivity index (χ3v) is 4.95. The molecular weight excluding hydrogens is 334 g/mol. The normalized spacial score (nSPS) is 13.8. The summed E-state index contributed by atoms with van der Waals surface area (Å²) in [4.78, 5) is 19.9. The first-order valence-corrected chi connectivity index (χ1v) is 9.35. The van der Waals surface area contributed by atoms with Gasteiger partial charge in [0, 0.05) is 36.1 Å². The zero-order chi connectivity index (χ0) is 18.8. The largest absolute Gasteiger partial charge is 0.358 e. The first-order chi connectivity index (χ1) is 13.1. The highest BCUT2D eigenvalue weighted by atomic mass is 16.1. The molecule has 0 spiro atoms. The first kappa shape index (κ1) is 17.3. The van der Waals surface area contributed by atoms with Gasteiger partial charge in [0.25, 0.3) is 5.91 Å². The van der Waals surface area contributed by atoms with Crippen molar-refractivity contribution in [2.75, 3.05) is 6.54 Å². The van der Waals surface area contributed by atoms with E-state index in [0.29, 0.717) is 12.5 Å². The molecule has 4 rings (SSSR count). The molecule has 1 aromatic carbocycles. The topological polar surface area (TPSA) is 57.8 Å². The molecule has 1 aliphatic heterocycles. The summed E-state index contributed by atoms with van der Waals surface area (Å²) in [6.45, 7) is 5.09. The number of carbonyl (C=O) groups is 1. The van der Waals surface area contributed by atoms with Crippen LogP contribution in [0.2, 0.25) is 0 Å². The van der Waals surface area contributed by atoms with Crippen molar-refractivity contribution in [1.29, 1.82) is 0 Å². The molecule has 0 saturated carbocycles. The molecule has 0 saturated heterocycles. The monoisotopic (exact) mass is 357 g/mol. The number of fused-ring (bicyclic) bond motifs is 1. The van der Waals surface area contributed by atoms with Crippen LogP contribution in [0, 0.1) is 0 Å². The van der Waals surface area contributed by atoms with Gasteiger partial charge in [0.1, 0.15) is 0 Å². The summed E-state index contributed by atoms with van der Waals surface area (Å²) >= 11 is 0. The molecule has 1 aliphatic rings. The Morgan fingerprint density at radius 1 is 1.11 bits per heavy atom. The zero-order valence-electron chi connectivity index (χ0n) is 15.6. The molecule has 136 valence electrons. The predicted molar refractivity (Wildman–Crippen MR) is 110 cm³/mol. The first-order valence-electron chi connectivity index (χ1n) is 9.35. The maximum Gasteiger partial charge on any atom is 0.253 e. The van der Waals surface area contributed by atoms with E-state index in [9.17, 15) is 4.79 Å². The molecule has 3 aromatic rings. The second-order valence-electron chi connectivity index (χ2n) is 7.17. The van der Waals surface area contributed by atoms with Crippen LogP contribution in [-0.4, -0.2) is 22.4 Å². The van der Waals surface area contributed by atoms with Gasteiger partial charge in [-0.1, -0.05) is 44.2 Å². The summed E-state index contributed by atoms with van der Waals surface area (Å²) < 4.78 is 0. The highest BCUT2D eigenvalue weighted by Crippen LogP contribution is 2.25. The van der Waals surface area contributed by atoms with Crippen LogP contribution >= 0.6 is 0 Å². The number of nitrogens with zero attached hydrogens (tertiary/aromatic N) is 1. The fourth-order valence-electron chi connectivity index (χ4n) is 3.52. The number of carbonyl (C=O) groups excluding carboxylic acids is 1. The number of hydrogen-bond acceptors (Lipinski definition) is 2. The van der Waals surface area contributed by atoms with Crippen molar-refractivity contribution >= 4 is 18.1 Å². The van der Waals surface area contributed by atoms with Crippen LogP contribution in [0.15, 0.2) is 48.7 Å². The number of hydrogen-bond donors (Lipinski definition) is 2. The summed E-state index contributed by atoms with van der Waals surface area (Å²) in [5.41, 5.74) is 7.17. The Kier molecular flexibility index (Phi) is 4.63. The third kappa shape index (κ3) is 3.56. The van der Waals surface area contributed by atoms with Crippen molar-refractivity contribution in [3.05, 3.63) is 76.7 Å². The number of H-pyrrole nitrogens is 1. The van der Waals surface area contributed by atoms with Gasteiger partial charge < -0.3 is 10.3 Å². The van der Waals surface area contributed by atoms with E-state index >= 15 is 0 Å². The van der Waals surface area contributed by atoms with Gasteiger partial charge in [-0.2, -0.15) is 0 Å². The fraction of sp³-hybridized carbons (Fsp3) is 0.217. The van der Waals surface area contributed by atoms with Gasteiger partial charge >= 0.3 is 0 Å². The predicted octanol–water partition coefficient (Wildman–Crippen LogP) is 4.66. The molecule has 2 N–H and O–H groups in total. The van der Waals surface area contributed by atoms with Gasteiger partial charge in [0.2, 0.25) is 0 Å². The lowest BCUT2D eigenvalue weighted by atomic mass is 9.97. The zero-order valence-corrected chi connectivity index (χ0v) is 15.6. The average molecular weight is 357 g/mol. The van der Waals surface area contributed by atoms with Crippen LogP contribution in [0.3, 0.4) is 0 Å². The van der Waals surface area contributed by atoms with Crippen LogP contribution in [-0.2, 0) is 6.42 Å². The number of rotatable bonds is 4. The summed E-state index contributed by atoms with van der Waals surface area (Å²) in [7, 11) is 0. The summed E-state index contributed by atoms with van der Waals surface area (Å²) in [5, 5.41) is 2.88. The number of amides is 1. The molecule has 4 nitrogen and oxygen atoms in total. The van der Waals surface area contributed by atoms with Crippen molar-refractivity contribution in [1.82, 2.24) is 15.3 Å². The Labute approximate surface area is 159 Å². The lowest BCUT2D eigenvalue weighted by Crippen LogP contribution is -2.31. The molecule has 27 heavy (non-hydrogen) atoms. The lowest BCUT2D eigenvalue weighted by molar-refractivity contribution is 0.0946. The van der Waals surface area contributed by atoms with E-state index in [1.165, 1.54) is 11.1 Å². The maximum absolute atomic E-state index is 12.0. The van der Waals surface area contributed by atoms with E-state index in [1.54, 1.807) is 0 Å². The minimum atomic E-state index is -0.00165. The minimum absolute atomic E-state index is 0.00165. The molecule has 0 bridgehead atoms. The average Bonchev–Trinajstić information content (AvgIpc) is 3.13. The Hall–Kier alpha value is -3.14. The number of pyridine rings is 1. The van der Waals surface area contributed by atoms with Crippen LogP contribution in [0.25, 0.3) is 23.4 Å². The van der Waals surface area contributed by atoms with Crippen molar-refractivity contribution in [3.8, 4) is 11.3 Å². The van der Waals surface area contributed by atoms with Crippen LogP contribution in [0.4, 0.5) is 0 Å². The summed E-state index contributed by atoms with van der Waals surface area (Å²) in [5.74, 6) is 0.472. The van der Waals surface area contributed by atoms with Gasteiger partial charge in [0.05, 0.1) is 11.3 Å².